The molecule has 0 aliphatic heterocycles. The smallest absolute Gasteiger partial charge is 0.339 e. The van der Waals surface area contributed by atoms with E-state index in [1.807, 2.05) is 0 Å². The van der Waals surface area contributed by atoms with Gasteiger partial charge in [-0.15, -0.1) is 0 Å². The van der Waals surface area contributed by atoms with Crippen molar-refractivity contribution >= 4 is 23.3 Å². The Morgan fingerprint density at radius 2 is 1.93 bits per heavy atom. The van der Waals surface area contributed by atoms with Crippen molar-refractivity contribution in [2.75, 3.05) is 20.0 Å². The van der Waals surface area contributed by atoms with Crippen LogP contribution in [0.1, 0.15) is 10.4 Å². The Labute approximate surface area is 91.4 Å². The Hall–Kier alpha value is -1.62. The summed E-state index contributed by atoms with van der Waals surface area (Å²) in [6.07, 6.45) is 0. The number of carbonyl (C=O) groups is 1. The Bertz CT molecular complexity index is 406. The number of carboxylic acids is 1. The SMILES string of the molecule is COc1c(C(=O)O)cc(N)c(Cl)c1OC. The van der Waals surface area contributed by atoms with Gasteiger partial charge in [0.2, 0.25) is 0 Å². The van der Waals surface area contributed by atoms with Crippen LogP contribution in [0.2, 0.25) is 5.02 Å². The molecule has 82 valence electrons. The first-order valence-electron chi connectivity index (χ1n) is 3.96. The number of anilines is 1. The fourth-order valence-corrected chi connectivity index (χ4v) is 1.40. The van der Waals surface area contributed by atoms with Crippen LogP contribution >= 0.6 is 11.6 Å². The summed E-state index contributed by atoms with van der Waals surface area (Å²) < 4.78 is 9.86. The predicted octanol–water partition coefficient (Wildman–Crippen LogP) is 1.64. The zero-order chi connectivity index (χ0) is 11.6. The minimum atomic E-state index is -1.16. The highest BCUT2D eigenvalue weighted by atomic mass is 35.5. The van der Waals surface area contributed by atoms with Crippen LogP contribution in [0, 0.1) is 0 Å². The van der Waals surface area contributed by atoms with Gasteiger partial charge in [-0.1, -0.05) is 11.6 Å². The first kappa shape index (κ1) is 11.5. The lowest BCUT2D eigenvalue weighted by atomic mass is 10.1. The molecule has 0 aliphatic rings. The second-order valence-corrected chi connectivity index (χ2v) is 3.08. The third kappa shape index (κ3) is 1.92. The number of aromatic carboxylic acids is 1. The molecule has 0 fully saturated rings. The number of nitrogen functional groups attached to an aromatic ring is 1. The Morgan fingerprint density at radius 3 is 2.33 bits per heavy atom. The van der Waals surface area contributed by atoms with Crippen molar-refractivity contribution in [3.05, 3.63) is 16.7 Å². The number of methoxy groups -OCH3 is 2. The molecular weight excluding hydrogens is 222 g/mol. The number of nitrogens with two attached hydrogens (primary N) is 1. The molecule has 3 N–H and O–H groups in total. The van der Waals surface area contributed by atoms with Crippen LogP contribution in [0.5, 0.6) is 11.5 Å². The van der Waals surface area contributed by atoms with Gasteiger partial charge in [0.05, 0.1) is 19.9 Å². The van der Waals surface area contributed by atoms with Crippen molar-refractivity contribution in [3.63, 3.8) is 0 Å². The van der Waals surface area contributed by atoms with Gasteiger partial charge in [-0.25, -0.2) is 4.79 Å². The molecule has 15 heavy (non-hydrogen) atoms. The quantitative estimate of drug-likeness (QED) is 0.773. The van der Waals surface area contributed by atoms with Crippen LogP contribution in [0.4, 0.5) is 5.69 Å². The molecular formula is C9H10ClNO4. The summed E-state index contributed by atoms with van der Waals surface area (Å²) in [4.78, 5) is 10.9. The Balaban J connectivity index is 3.54. The van der Waals surface area contributed by atoms with Gasteiger partial charge < -0.3 is 20.3 Å². The maximum atomic E-state index is 10.9. The molecule has 5 nitrogen and oxygen atoms in total. The molecule has 0 radical (unpaired) electrons. The molecule has 0 spiro atoms. The highest BCUT2D eigenvalue weighted by Gasteiger charge is 2.21. The van der Waals surface area contributed by atoms with Gasteiger partial charge in [0.25, 0.3) is 0 Å². The van der Waals surface area contributed by atoms with E-state index in [0.717, 1.165) is 0 Å². The standard InChI is InChI=1S/C9H10ClNO4/c1-14-7-4(9(12)13)3-5(11)6(10)8(7)15-2/h3H,11H2,1-2H3,(H,12,13). The van der Waals surface area contributed by atoms with Gasteiger partial charge in [-0.3, -0.25) is 0 Å². The van der Waals surface area contributed by atoms with E-state index < -0.39 is 5.97 Å². The first-order chi connectivity index (χ1) is 7.02. The van der Waals surface area contributed by atoms with Crippen molar-refractivity contribution in [3.8, 4) is 11.5 Å². The summed E-state index contributed by atoms with van der Waals surface area (Å²) in [5.41, 5.74) is 5.57. The topological polar surface area (TPSA) is 81.8 Å². The number of rotatable bonds is 3. The molecule has 6 heteroatoms. The molecule has 0 amide bonds. The lowest BCUT2D eigenvalue weighted by molar-refractivity contribution is 0.0692. The van der Waals surface area contributed by atoms with Crippen LogP contribution < -0.4 is 15.2 Å². The molecule has 1 aromatic rings. The van der Waals surface area contributed by atoms with Crippen molar-refractivity contribution in [2.24, 2.45) is 0 Å². The van der Waals surface area contributed by atoms with Gasteiger partial charge in [-0.2, -0.15) is 0 Å². The van der Waals surface area contributed by atoms with E-state index in [4.69, 9.17) is 31.9 Å². The Kier molecular flexibility index (Phi) is 3.26. The fourth-order valence-electron chi connectivity index (χ4n) is 1.18. The van der Waals surface area contributed by atoms with Crippen LogP contribution in [-0.4, -0.2) is 25.3 Å². The summed E-state index contributed by atoms with van der Waals surface area (Å²) in [6.45, 7) is 0. The molecule has 0 bridgehead atoms. The van der Waals surface area contributed by atoms with Gasteiger partial charge in [0, 0.05) is 0 Å². The molecule has 0 heterocycles. The molecule has 0 saturated heterocycles. The van der Waals surface area contributed by atoms with Gasteiger partial charge >= 0.3 is 5.97 Å². The highest BCUT2D eigenvalue weighted by Crippen LogP contribution is 2.41. The van der Waals surface area contributed by atoms with Crippen molar-refractivity contribution in [2.45, 2.75) is 0 Å². The third-order valence-electron chi connectivity index (χ3n) is 1.84. The van der Waals surface area contributed by atoms with E-state index in [1.165, 1.54) is 20.3 Å². The van der Waals surface area contributed by atoms with Gasteiger partial charge in [0.1, 0.15) is 10.6 Å². The minimum Gasteiger partial charge on any atom is -0.492 e. The maximum Gasteiger partial charge on any atom is 0.339 e. The van der Waals surface area contributed by atoms with Crippen molar-refractivity contribution < 1.29 is 19.4 Å². The lowest BCUT2D eigenvalue weighted by Crippen LogP contribution is -2.05. The van der Waals surface area contributed by atoms with E-state index in [9.17, 15) is 4.79 Å². The summed E-state index contributed by atoms with van der Waals surface area (Å²) in [5, 5.41) is 9.04. The monoisotopic (exact) mass is 231 g/mol. The third-order valence-corrected chi connectivity index (χ3v) is 2.23. The van der Waals surface area contributed by atoms with Crippen LogP contribution in [-0.2, 0) is 0 Å². The number of hydrogen-bond donors (Lipinski definition) is 2. The summed E-state index contributed by atoms with van der Waals surface area (Å²) in [7, 11) is 2.69. The van der Waals surface area contributed by atoms with Crippen molar-refractivity contribution in [1.29, 1.82) is 0 Å². The number of ether oxygens (including phenoxy) is 2. The van der Waals surface area contributed by atoms with E-state index >= 15 is 0 Å². The van der Waals surface area contributed by atoms with Gasteiger partial charge in [-0.05, 0) is 6.07 Å². The second-order valence-electron chi connectivity index (χ2n) is 2.70. The van der Waals surface area contributed by atoms with E-state index in [2.05, 4.69) is 0 Å². The second kappa shape index (κ2) is 4.27. The molecule has 0 aliphatic carbocycles. The largest absolute Gasteiger partial charge is 0.492 e. The Morgan fingerprint density at radius 1 is 1.40 bits per heavy atom. The number of carboxylic acid groups (broad SMARTS) is 1. The van der Waals surface area contributed by atoms with Crippen LogP contribution in [0.15, 0.2) is 6.07 Å². The number of halogens is 1. The number of benzene rings is 1. The zero-order valence-corrected chi connectivity index (χ0v) is 8.96. The molecule has 0 unspecified atom stereocenters. The minimum absolute atomic E-state index is 0.0594. The van der Waals surface area contributed by atoms with E-state index in [0.29, 0.717) is 0 Å². The van der Waals surface area contributed by atoms with E-state index in [1.54, 1.807) is 0 Å². The molecule has 1 aromatic carbocycles. The zero-order valence-electron chi connectivity index (χ0n) is 8.20. The molecule has 0 saturated carbocycles. The molecule has 0 aromatic heterocycles. The fraction of sp³-hybridized carbons (Fsp3) is 0.222. The first-order valence-corrected chi connectivity index (χ1v) is 4.34. The maximum absolute atomic E-state index is 10.9. The summed E-state index contributed by atoms with van der Waals surface area (Å²) in [5.74, 6) is -0.978. The number of hydrogen-bond acceptors (Lipinski definition) is 4. The van der Waals surface area contributed by atoms with Crippen LogP contribution in [0.3, 0.4) is 0 Å². The molecule has 0 atom stereocenters. The van der Waals surface area contributed by atoms with Crippen molar-refractivity contribution in [1.82, 2.24) is 0 Å². The van der Waals surface area contributed by atoms with Gasteiger partial charge in [0.15, 0.2) is 11.5 Å². The average molecular weight is 232 g/mol. The normalized spacial score (nSPS) is 9.80. The van der Waals surface area contributed by atoms with Crippen LogP contribution in [0.25, 0.3) is 0 Å². The molecule has 1 rings (SSSR count). The summed E-state index contributed by atoms with van der Waals surface area (Å²) in [6, 6.07) is 1.23. The predicted molar refractivity (Wildman–Crippen MR) is 55.9 cm³/mol. The highest BCUT2D eigenvalue weighted by molar-refractivity contribution is 6.35. The van der Waals surface area contributed by atoms with E-state index in [-0.39, 0.29) is 27.8 Å². The summed E-state index contributed by atoms with van der Waals surface area (Å²) >= 11 is 5.83. The average Bonchev–Trinajstić information content (AvgIpc) is 2.20. The lowest BCUT2D eigenvalue weighted by Gasteiger charge is -2.13.